The highest BCUT2D eigenvalue weighted by Crippen LogP contribution is 2.89. The summed E-state index contributed by atoms with van der Waals surface area (Å²) < 4.78 is 18.3. The molecule has 2 heterocycles. The Kier molecular flexibility index (Phi) is 7.09. The molecule has 7 aliphatic rings. The molecule has 2 aliphatic heterocycles. The highest BCUT2D eigenvalue weighted by atomic mass is 16.7. The Bertz CT molecular complexity index is 1230. The van der Waals surface area contributed by atoms with Crippen LogP contribution in [-0.2, 0) is 19.0 Å². The molecule has 10 nitrogen and oxygen atoms in total. The second kappa shape index (κ2) is 9.72. The normalized spacial score (nSPS) is 57.6. The largest absolute Gasteiger partial charge is 0.388 e. The number of ether oxygens (including phenoxy) is 3. The molecule has 7 rings (SSSR count). The van der Waals surface area contributed by atoms with Gasteiger partial charge in [-0.05, 0) is 105 Å². The third-order valence-corrected chi connectivity index (χ3v) is 15.4. The monoisotopic (exact) mass is 636 g/mol. The van der Waals surface area contributed by atoms with Crippen LogP contribution in [0.2, 0.25) is 0 Å². The van der Waals surface area contributed by atoms with E-state index in [0.29, 0.717) is 12.3 Å². The number of hydrogen-bond donors (Lipinski definition) is 6. The fraction of sp³-hybridized carbons (Fsp3) is 0.971. The molecule has 0 aromatic carbocycles. The van der Waals surface area contributed by atoms with E-state index >= 15 is 0 Å². The molecule has 2 spiro atoms. The van der Waals surface area contributed by atoms with Gasteiger partial charge < -0.3 is 44.8 Å². The van der Waals surface area contributed by atoms with Crippen LogP contribution >= 0.6 is 0 Å². The average molecular weight is 637 g/mol. The summed E-state index contributed by atoms with van der Waals surface area (Å²) in [5.74, 6) is -2.28. The zero-order chi connectivity index (χ0) is 32.9. The third kappa shape index (κ3) is 3.92. The number of fused-ring (bicyclic) bond motifs is 4. The molecular formula is C35H56O10. The Labute approximate surface area is 266 Å². The molecular weight excluding hydrogens is 580 g/mol. The van der Waals surface area contributed by atoms with Gasteiger partial charge in [0.2, 0.25) is 5.79 Å². The fourth-order valence-corrected chi connectivity index (χ4v) is 13.1. The summed E-state index contributed by atoms with van der Waals surface area (Å²) in [7, 11) is 0. The predicted octanol–water partition coefficient (Wildman–Crippen LogP) is 2.28. The maximum absolute atomic E-state index is 14.8. The summed E-state index contributed by atoms with van der Waals surface area (Å²) in [5.41, 5.74) is -2.89. The van der Waals surface area contributed by atoms with E-state index in [1.54, 1.807) is 0 Å². The quantitative estimate of drug-likeness (QED) is 0.252. The number of aliphatic hydroxyl groups is 6. The molecule has 5 saturated carbocycles. The molecule has 10 heteroatoms. The van der Waals surface area contributed by atoms with E-state index < -0.39 is 64.9 Å². The molecule has 6 N–H and O–H groups in total. The summed E-state index contributed by atoms with van der Waals surface area (Å²) in [6, 6.07) is 0. The van der Waals surface area contributed by atoms with Crippen LogP contribution in [0.15, 0.2) is 0 Å². The maximum atomic E-state index is 14.8. The minimum absolute atomic E-state index is 0.0116. The molecule has 2 saturated heterocycles. The molecule has 0 amide bonds. The van der Waals surface area contributed by atoms with Crippen LogP contribution in [0.5, 0.6) is 0 Å². The number of ketones is 1. The van der Waals surface area contributed by atoms with E-state index in [2.05, 4.69) is 34.6 Å². The third-order valence-electron chi connectivity index (χ3n) is 15.4. The molecule has 256 valence electrons. The zero-order valence-electron chi connectivity index (χ0n) is 28.0. The molecule has 7 fully saturated rings. The number of carbonyl (C=O) groups is 1. The Hall–Kier alpha value is -0.690. The number of rotatable bonds is 4. The van der Waals surface area contributed by atoms with E-state index in [9.17, 15) is 35.4 Å². The van der Waals surface area contributed by atoms with E-state index in [0.717, 1.165) is 44.9 Å². The SMILES string of the molecule is C[C@@H]1C[C@H]([C@H](O)C(C)(C)O)O[C@@]2(O)C(=O)[C@@]3(C)[C@@H]4CC[C@H]5C(C)(C)[C@@H](O[C@@H]6OC[C@@H](O)[C@H](O)[C@H]6O)CC[C@@]56C[C@@]46CC[C@]3(C)[C@@H]12. The fourth-order valence-electron chi connectivity index (χ4n) is 13.1. The van der Waals surface area contributed by atoms with Gasteiger partial charge in [-0.1, -0.05) is 34.6 Å². The van der Waals surface area contributed by atoms with Crippen LogP contribution < -0.4 is 0 Å². The van der Waals surface area contributed by atoms with Crippen molar-refractivity contribution in [3.8, 4) is 0 Å². The van der Waals surface area contributed by atoms with Crippen molar-refractivity contribution in [3.05, 3.63) is 0 Å². The van der Waals surface area contributed by atoms with Gasteiger partial charge in [0.1, 0.15) is 24.4 Å². The molecule has 45 heavy (non-hydrogen) atoms. The number of hydrogen-bond acceptors (Lipinski definition) is 10. The van der Waals surface area contributed by atoms with Crippen molar-refractivity contribution in [3.63, 3.8) is 0 Å². The van der Waals surface area contributed by atoms with Gasteiger partial charge in [0.15, 0.2) is 12.1 Å². The standard InChI is InChI=1S/C35H56O10/c1-17-14-19(26(39)30(4,5)41)45-35(42)25(17)31(6)12-13-34-16-33(34)11-10-22(44-27-24(38)23(37)18(36)15-43-27)29(2,3)20(33)8-9-21(34)32(31,7)28(35)40/h17-27,36-39,41-42H,8-16H2,1-7H3/t17-,18-,19-,20+,21+,22+,23+,24-,25-,26+,27+,31-,32-,33-,34+,35-/m1/s1. The smallest absolute Gasteiger partial charge is 0.231 e. The van der Waals surface area contributed by atoms with Crippen LogP contribution in [0.1, 0.15) is 99.8 Å². The van der Waals surface area contributed by atoms with Crippen LogP contribution in [-0.4, -0.2) is 97.3 Å². The van der Waals surface area contributed by atoms with Gasteiger partial charge >= 0.3 is 0 Å². The first-order valence-corrected chi connectivity index (χ1v) is 17.4. The van der Waals surface area contributed by atoms with Crippen LogP contribution in [0.25, 0.3) is 0 Å². The van der Waals surface area contributed by atoms with E-state index in [1.807, 2.05) is 0 Å². The van der Waals surface area contributed by atoms with Gasteiger partial charge in [-0.25, -0.2) is 0 Å². The summed E-state index contributed by atoms with van der Waals surface area (Å²) in [5, 5.41) is 64.5. The molecule has 0 bridgehead atoms. The summed E-state index contributed by atoms with van der Waals surface area (Å²) in [4.78, 5) is 14.8. The lowest BCUT2D eigenvalue weighted by molar-refractivity contribution is -0.304. The van der Waals surface area contributed by atoms with E-state index in [-0.39, 0.29) is 46.6 Å². The van der Waals surface area contributed by atoms with Crippen LogP contribution in [0, 0.1) is 50.7 Å². The minimum atomic E-state index is -2.01. The average Bonchev–Trinajstić information content (AvgIpc) is 3.59. The van der Waals surface area contributed by atoms with Crippen molar-refractivity contribution in [2.75, 3.05) is 6.61 Å². The van der Waals surface area contributed by atoms with Crippen molar-refractivity contribution in [1.82, 2.24) is 0 Å². The summed E-state index contributed by atoms with van der Waals surface area (Å²) in [6.07, 6.45) is -0.222. The molecule has 5 aliphatic carbocycles. The molecule has 16 atom stereocenters. The van der Waals surface area contributed by atoms with Gasteiger partial charge in [-0.15, -0.1) is 0 Å². The second-order valence-electron chi connectivity index (χ2n) is 18.0. The first-order valence-electron chi connectivity index (χ1n) is 17.4. The zero-order valence-corrected chi connectivity index (χ0v) is 28.0. The number of Topliss-reactive ketones (excluding diaryl/α,β-unsaturated/α-hetero) is 1. The molecule has 0 aromatic heterocycles. The van der Waals surface area contributed by atoms with Crippen molar-refractivity contribution in [2.24, 2.45) is 50.7 Å². The first-order chi connectivity index (χ1) is 20.7. The van der Waals surface area contributed by atoms with Gasteiger partial charge in [0, 0.05) is 11.3 Å². The Morgan fingerprint density at radius 1 is 0.956 bits per heavy atom. The van der Waals surface area contributed by atoms with Crippen LogP contribution in [0.4, 0.5) is 0 Å². The van der Waals surface area contributed by atoms with Gasteiger partial charge in [0.25, 0.3) is 0 Å². The molecule has 0 unspecified atom stereocenters. The lowest BCUT2D eigenvalue weighted by Gasteiger charge is -2.62. The molecule has 0 radical (unpaired) electrons. The van der Waals surface area contributed by atoms with Gasteiger partial charge in [0.05, 0.1) is 24.4 Å². The van der Waals surface area contributed by atoms with Crippen molar-refractivity contribution in [1.29, 1.82) is 0 Å². The topological polar surface area (TPSA) is 166 Å². The lowest BCUT2D eigenvalue weighted by Crippen LogP contribution is -2.60. The second-order valence-corrected chi connectivity index (χ2v) is 18.0. The number of aliphatic hydroxyl groups excluding tert-OH is 4. The molecule has 0 aromatic rings. The Balaban J connectivity index is 1.17. The van der Waals surface area contributed by atoms with E-state index in [1.165, 1.54) is 13.8 Å². The summed E-state index contributed by atoms with van der Waals surface area (Å²) >= 11 is 0. The van der Waals surface area contributed by atoms with Crippen LogP contribution in [0.3, 0.4) is 0 Å². The van der Waals surface area contributed by atoms with Gasteiger partial charge in [-0.2, -0.15) is 0 Å². The predicted molar refractivity (Wildman–Crippen MR) is 161 cm³/mol. The lowest BCUT2D eigenvalue weighted by atomic mass is 9.41. The maximum Gasteiger partial charge on any atom is 0.231 e. The van der Waals surface area contributed by atoms with Crippen molar-refractivity contribution in [2.45, 2.75) is 154 Å². The van der Waals surface area contributed by atoms with E-state index in [4.69, 9.17) is 14.2 Å². The first kappa shape index (κ1) is 32.8. The van der Waals surface area contributed by atoms with Crippen molar-refractivity contribution < 1.29 is 49.6 Å². The highest BCUT2D eigenvalue weighted by molar-refractivity contribution is 5.96. The Morgan fingerprint density at radius 2 is 1.60 bits per heavy atom. The highest BCUT2D eigenvalue weighted by Gasteiger charge is 2.87. The van der Waals surface area contributed by atoms with Crippen molar-refractivity contribution >= 4 is 5.78 Å². The minimum Gasteiger partial charge on any atom is -0.388 e. The summed E-state index contributed by atoms with van der Waals surface area (Å²) in [6.45, 7) is 13.8. The number of carbonyl (C=O) groups excluding carboxylic acids is 1. The Morgan fingerprint density at radius 3 is 2.27 bits per heavy atom. The van der Waals surface area contributed by atoms with Gasteiger partial charge in [-0.3, -0.25) is 4.79 Å².